The maximum absolute atomic E-state index is 4.21. The van der Waals surface area contributed by atoms with Gasteiger partial charge in [-0.3, -0.25) is 0 Å². The Morgan fingerprint density at radius 1 is 0.857 bits per heavy atom. The molecule has 0 atom stereocenters. The quantitative estimate of drug-likeness (QED) is 0.722. The number of hydrogen-bond acceptors (Lipinski definition) is 4. The lowest BCUT2D eigenvalue weighted by Gasteiger charge is -2.02. The van der Waals surface area contributed by atoms with Gasteiger partial charge in [-0.2, -0.15) is 15.0 Å². The van der Waals surface area contributed by atoms with Crippen molar-refractivity contribution in [2.75, 3.05) is 0 Å². The molecule has 0 aliphatic carbocycles. The van der Waals surface area contributed by atoms with Crippen molar-refractivity contribution in [2.45, 2.75) is 20.8 Å². The van der Waals surface area contributed by atoms with Crippen molar-refractivity contribution >= 4 is 0 Å². The van der Waals surface area contributed by atoms with Crippen molar-refractivity contribution in [1.82, 2.24) is 25.0 Å². The van der Waals surface area contributed by atoms with Gasteiger partial charge in [0.1, 0.15) is 0 Å². The summed E-state index contributed by atoms with van der Waals surface area (Å²) < 4.78 is 0. The molecule has 1 aromatic carbocycles. The van der Waals surface area contributed by atoms with Gasteiger partial charge in [0.2, 0.25) is 0 Å². The van der Waals surface area contributed by atoms with Crippen LogP contribution < -0.4 is 0 Å². The summed E-state index contributed by atoms with van der Waals surface area (Å²) in [4.78, 5) is 9.98. The summed E-state index contributed by atoms with van der Waals surface area (Å²) in [6.45, 7) is 6.50. The van der Waals surface area contributed by atoms with Gasteiger partial charge in [0, 0.05) is 18.0 Å². The Morgan fingerprint density at radius 2 is 1.48 bits per heavy atom. The summed E-state index contributed by atoms with van der Waals surface area (Å²) in [6.07, 6.45) is 6.74. The molecule has 0 spiro atoms. The molecule has 21 heavy (non-hydrogen) atoms. The van der Waals surface area contributed by atoms with Gasteiger partial charge in [0.05, 0.1) is 18.1 Å². The zero-order chi connectivity index (χ0) is 15.1. The second-order valence-corrected chi connectivity index (χ2v) is 5.17. The molecule has 0 saturated carbocycles. The Kier molecular flexibility index (Phi) is 5.15. The molecule has 2 aromatic heterocycles. The minimum Gasteiger partial charge on any atom is -0.237 e. The van der Waals surface area contributed by atoms with Crippen molar-refractivity contribution in [1.29, 1.82) is 0 Å². The van der Waals surface area contributed by atoms with Gasteiger partial charge in [-0.05, 0) is 24.1 Å². The van der Waals surface area contributed by atoms with Gasteiger partial charge in [-0.15, -0.1) is 0 Å². The normalized spacial score (nSPS) is 10.1. The summed E-state index contributed by atoms with van der Waals surface area (Å²) in [5, 5.41) is 8.17. The highest BCUT2D eigenvalue weighted by Gasteiger charge is 2.03. The Hall–Kier alpha value is -2.56. The molecule has 3 rings (SSSR count). The molecule has 0 saturated heterocycles. The molecule has 0 unspecified atom stereocenters. The van der Waals surface area contributed by atoms with E-state index in [4.69, 9.17) is 0 Å². The second-order valence-electron chi connectivity index (χ2n) is 5.17. The third-order valence-corrected chi connectivity index (χ3v) is 2.32. The van der Waals surface area contributed by atoms with E-state index in [9.17, 15) is 0 Å². The first-order valence-corrected chi connectivity index (χ1v) is 6.91. The van der Waals surface area contributed by atoms with Crippen LogP contribution in [0, 0.1) is 5.92 Å². The zero-order valence-electron chi connectivity index (χ0n) is 12.5. The van der Waals surface area contributed by atoms with E-state index < -0.39 is 0 Å². The predicted molar refractivity (Wildman–Crippen MR) is 82.9 cm³/mol. The first-order chi connectivity index (χ1) is 10.2. The molecule has 0 bridgehead atoms. The average molecular weight is 281 g/mol. The van der Waals surface area contributed by atoms with E-state index in [1.54, 1.807) is 35.7 Å². The molecular formula is C16H19N5. The Bertz CT molecular complexity index is 645. The minimum atomic E-state index is 0.696. The molecule has 0 radical (unpaired) electrons. The smallest absolute Gasteiger partial charge is 0.159 e. The van der Waals surface area contributed by atoms with Crippen LogP contribution in [0.4, 0.5) is 0 Å². The summed E-state index contributed by atoms with van der Waals surface area (Å²) in [7, 11) is 0. The van der Waals surface area contributed by atoms with Crippen LogP contribution in [-0.2, 0) is 0 Å². The van der Waals surface area contributed by atoms with E-state index >= 15 is 0 Å². The predicted octanol–water partition coefficient (Wildman–Crippen LogP) is 3.39. The first-order valence-electron chi connectivity index (χ1n) is 6.91. The third-order valence-electron chi connectivity index (χ3n) is 2.32. The molecule has 5 heteroatoms. The van der Waals surface area contributed by atoms with Crippen molar-refractivity contribution < 1.29 is 0 Å². The van der Waals surface area contributed by atoms with Crippen LogP contribution >= 0.6 is 0 Å². The summed E-state index contributed by atoms with van der Waals surface area (Å²) in [5.74, 6) is 1.53. The van der Waals surface area contributed by atoms with Crippen LogP contribution in [0.5, 0.6) is 0 Å². The molecule has 0 aliphatic rings. The van der Waals surface area contributed by atoms with Gasteiger partial charge in [0.15, 0.2) is 5.82 Å². The Balaban J connectivity index is 0.000000361. The second kappa shape index (κ2) is 7.28. The van der Waals surface area contributed by atoms with Crippen molar-refractivity contribution in [2.24, 2.45) is 5.92 Å². The highest BCUT2D eigenvalue weighted by molar-refractivity contribution is 5.58. The molecular weight excluding hydrogens is 262 g/mol. The lowest BCUT2D eigenvalue weighted by Crippen LogP contribution is -1.98. The van der Waals surface area contributed by atoms with E-state index in [1.807, 2.05) is 24.3 Å². The summed E-state index contributed by atoms with van der Waals surface area (Å²) >= 11 is 0. The van der Waals surface area contributed by atoms with Gasteiger partial charge in [-0.1, -0.05) is 32.9 Å². The van der Waals surface area contributed by atoms with E-state index in [2.05, 4.69) is 40.9 Å². The van der Waals surface area contributed by atoms with E-state index in [-0.39, 0.29) is 0 Å². The van der Waals surface area contributed by atoms with Crippen LogP contribution in [0.15, 0.2) is 55.1 Å². The molecule has 0 aliphatic heterocycles. The maximum Gasteiger partial charge on any atom is 0.159 e. The fourth-order valence-corrected chi connectivity index (χ4v) is 1.57. The van der Waals surface area contributed by atoms with Crippen LogP contribution in [-0.4, -0.2) is 25.0 Å². The number of aromatic nitrogens is 5. The summed E-state index contributed by atoms with van der Waals surface area (Å²) in [5.41, 5.74) is 1.83. The molecule has 3 aromatic rings. The molecule has 0 N–H and O–H groups in total. The molecule has 2 heterocycles. The Morgan fingerprint density at radius 3 is 2.10 bits per heavy atom. The SMILES string of the molecule is CC(C)C.c1cnc(-c2cccc(-n3nccn3)c2)nc1. The third kappa shape index (κ3) is 4.49. The van der Waals surface area contributed by atoms with Crippen molar-refractivity contribution in [3.8, 4) is 17.1 Å². The maximum atomic E-state index is 4.21. The molecule has 5 nitrogen and oxygen atoms in total. The molecule has 108 valence electrons. The number of nitrogens with zero attached hydrogens (tertiary/aromatic N) is 5. The van der Waals surface area contributed by atoms with Gasteiger partial charge >= 0.3 is 0 Å². The number of benzene rings is 1. The van der Waals surface area contributed by atoms with Gasteiger partial charge < -0.3 is 0 Å². The minimum absolute atomic E-state index is 0.696. The highest BCUT2D eigenvalue weighted by atomic mass is 15.5. The van der Waals surface area contributed by atoms with E-state index in [0.29, 0.717) is 5.82 Å². The lowest BCUT2D eigenvalue weighted by molar-refractivity contribution is 0.737. The molecule has 0 amide bonds. The fourth-order valence-electron chi connectivity index (χ4n) is 1.57. The van der Waals surface area contributed by atoms with Crippen LogP contribution in [0.1, 0.15) is 20.8 Å². The topological polar surface area (TPSA) is 56.5 Å². The standard InChI is InChI=1S/C12H9N5.C4H10/c1-3-10(12-13-5-2-6-14-12)9-11(4-1)17-15-7-8-16-17;1-4(2)3/h1-9H;4H,1-3H3. The monoisotopic (exact) mass is 281 g/mol. The zero-order valence-corrected chi connectivity index (χ0v) is 12.5. The van der Waals surface area contributed by atoms with Crippen LogP contribution in [0.25, 0.3) is 17.1 Å². The lowest BCUT2D eigenvalue weighted by atomic mass is 10.2. The van der Waals surface area contributed by atoms with Crippen molar-refractivity contribution in [3.63, 3.8) is 0 Å². The van der Waals surface area contributed by atoms with Gasteiger partial charge in [-0.25, -0.2) is 9.97 Å². The van der Waals surface area contributed by atoms with Gasteiger partial charge in [0.25, 0.3) is 0 Å². The highest BCUT2D eigenvalue weighted by Crippen LogP contribution is 2.16. The van der Waals surface area contributed by atoms with Crippen LogP contribution in [0.2, 0.25) is 0 Å². The van der Waals surface area contributed by atoms with E-state index in [0.717, 1.165) is 17.2 Å². The molecule has 0 fully saturated rings. The van der Waals surface area contributed by atoms with Crippen LogP contribution in [0.3, 0.4) is 0 Å². The Labute approximate surface area is 124 Å². The van der Waals surface area contributed by atoms with Crippen molar-refractivity contribution in [3.05, 3.63) is 55.1 Å². The average Bonchev–Trinajstić information content (AvgIpc) is 3.02. The summed E-state index contributed by atoms with van der Waals surface area (Å²) in [6, 6.07) is 9.58. The first kappa shape index (κ1) is 14.8. The fraction of sp³-hybridized carbons (Fsp3) is 0.250. The van der Waals surface area contributed by atoms with E-state index in [1.165, 1.54) is 0 Å². The largest absolute Gasteiger partial charge is 0.237 e. The number of rotatable bonds is 2. The number of hydrogen-bond donors (Lipinski definition) is 0.